The monoisotopic (exact) mass is 354 g/mol. The van der Waals surface area contributed by atoms with E-state index in [1.807, 2.05) is 20.8 Å². The van der Waals surface area contributed by atoms with Gasteiger partial charge in [0.15, 0.2) is 0 Å². The summed E-state index contributed by atoms with van der Waals surface area (Å²) >= 11 is 0. The third-order valence-corrected chi connectivity index (χ3v) is 5.82. The highest BCUT2D eigenvalue weighted by molar-refractivity contribution is 4.88. The Morgan fingerprint density at radius 3 is 1.79 bits per heavy atom. The molecule has 0 spiro atoms. The molecule has 0 aromatic rings. The Morgan fingerprint density at radius 1 is 0.917 bits per heavy atom. The molecule has 0 aromatic heterocycles. The molecule has 3 atom stereocenters. The van der Waals surface area contributed by atoms with Crippen molar-refractivity contribution in [1.82, 2.24) is 0 Å². The highest BCUT2D eigenvalue weighted by Crippen LogP contribution is 2.41. The minimum absolute atomic E-state index is 0.0892. The lowest BCUT2D eigenvalue weighted by Gasteiger charge is -2.39. The van der Waals surface area contributed by atoms with Crippen LogP contribution < -0.4 is 0 Å². The second-order valence-electron chi connectivity index (χ2n) is 8.26. The van der Waals surface area contributed by atoms with Gasteiger partial charge in [-0.15, -0.1) is 0 Å². The van der Waals surface area contributed by atoms with Crippen LogP contribution in [0.1, 0.15) is 80.6 Å². The number of hydrogen-bond donors (Lipinski definition) is 1. The van der Waals surface area contributed by atoms with E-state index in [-0.39, 0.29) is 12.0 Å². The molecule has 0 amide bonds. The van der Waals surface area contributed by atoms with Gasteiger partial charge in [0.1, 0.15) is 12.3 Å². The molecule has 24 heavy (non-hydrogen) atoms. The van der Waals surface area contributed by atoms with Crippen LogP contribution in [-0.2, 0) is 4.74 Å². The number of ether oxygens (including phenoxy) is 1. The van der Waals surface area contributed by atoms with Gasteiger partial charge < -0.3 is 9.84 Å². The van der Waals surface area contributed by atoms with Crippen molar-refractivity contribution in [3.63, 3.8) is 0 Å². The molecule has 146 valence electrons. The number of aliphatic hydroxyl groups excluding tert-OH is 1. The van der Waals surface area contributed by atoms with Gasteiger partial charge >= 0.3 is 0 Å². The van der Waals surface area contributed by atoms with Crippen molar-refractivity contribution in [2.24, 2.45) is 10.8 Å². The first kappa shape index (κ1) is 23.7. The molecular weight excluding hydrogens is 317 g/mol. The molecule has 0 radical (unpaired) electrons. The molecule has 0 heterocycles. The molecule has 0 bridgehead atoms. The molecule has 3 unspecified atom stereocenters. The van der Waals surface area contributed by atoms with Crippen molar-refractivity contribution in [2.75, 3.05) is 13.2 Å². The predicted octanol–water partition coefficient (Wildman–Crippen LogP) is 5.77. The molecule has 0 aliphatic rings. The molecule has 0 saturated carbocycles. The van der Waals surface area contributed by atoms with Gasteiger partial charge in [-0.3, -0.25) is 0 Å². The second kappa shape index (κ2) is 8.88. The third kappa shape index (κ3) is 7.30. The van der Waals surface area contributed by atoms with Gasteiger partial charge in [-0.25, -0.2) is 13.2 Å². The maximum atomic E-state index is 14.9. The first-order chi connectivity index (χ1) is 10.8. The van der Waals surface area contributed by atoms with Crippen LogP contribution >= 0.6 is 0 Å². The van der Waals surface area contributed by atoms with Crippen molar-refractivity contribution < 1.29 is 23.0 Å². The van der Waals surface area contributed by atoms with Crippen LogP contribution in [0.15, 0.2) is 0 Å². The normalized spacial score (nSPS) is 19.6. The van der Waals surface area contributed by atoms with E-state index in [1.165, 1.54) is 6.92 Å². The summed E-state index contributed by atoms with van der Waals surface area (Å²) in [6, 6.07) is 0. The molecule has 0 fully saturated rings. The summed E-state index contributed by atoms with van der Waals surface area (Å²) in [6.45, 7) is 11.6. The number of alkyl halides is 3. The molecular formula is C19H37F3O2. The van der Waals surface area contributed by atoms with Crippen molar-refractivity contribution in [3.8, 4) is 0 Å². The fraction of sp³-hybridized carbons (Fsp3) is 1.00. The van der Waals surface area contributed by atoms with Gasteiger partial charge in [0, 0.05) is 6.42 Å². The van der Waals surface area contributed by atoms with E-state index >= 15 is 0 Å². The highest BCUT2D eigenvalue weighted by atomic mass is 19.3. The Balaban J connectivity index is 4.87. The predicted molar refractivity (Wildman–Crippen MR) is 93.3 cm³/mol. The van der Waals surface area contributed by atoms with Crippen molar-refractivity contribution in [3.05, 3.63) is 0 Å². The highest BCUT2D eigenvalue weighted by Gasteiger charge is 2.42. The Bertz CT molecular complexity index is 368. The zero-order valence-electron chi connectivity index (χ0n) is 16.5. The Labute approximate surface area is 146 Å². The maximum absolute atomic E-state index is 14.9. The van der Waals surface area contributed by atoms with E-state index in [0.717, 1.165) is 12.8 Å². The summed E-state index contributed by atoms with van der Waals surface area (Å²) in [6.07, 6.45) is 1.62. The van der Waals surface area contributed by atoms with E-state index in [1.54, 1.807) is 13.8 Å². The van der Waals surface area contributed by atoms with Crippen LogP contribution in [0.25, 0.3) is 0 Å². The van der Waals surface area contributed by atoms with Gasteiger partial charge in [0.2, 0.25) is 0 Å². The molecule has 0 aromatic carbocycles. The smallest absolute Gasteiger partial charge is 0.271 e. The SMILES string of the molecule is CCC(C)(CC)CC(C)(F)COC(C)C(C)(CC)CC(F)(F)CO. The maximum Gasteiger partial charge on any atom is 0.271 e. The summed E-state index contributed by atoms with van der Waals surface area (Å²) in [5, 5.41) is 8.82. The zero-order chi connectivity index (χ0) is 19.2. The summed E-state index contributed by atoms with van der Waals surface area (Å²) in [4.78, 5) is 0. The van der Waals surface area contributed by atoms with Crippen LogP contribution in [-0.4, -0.2) is 36.0 Å². The number of rotatable bonds is 12. The van der Waals surface area contributed by atoms with Crippen LogP contribution in [0.2, 0.25) is 0 Å². The zero-order valence-corrected chi connectivity index (χ0v) is 16.5. The summed E-state index contributed by atoms with van der Waals surface area (Å²) in [5.74, 6) is -3.15. The molecule has 5 heteroatoms. The Morgan fingerprint density at radius 2 is 1.42 bits per heavy atom. The van der Waals surface area contributed by atoms with Gasteiger partial charge in [-0.1, -0.05) is 47.5 Å². The van der Waals surface area contributed by atoms with Gasteiger partial charge in [-0.05, 0) is 37.5 Å². The standard InChI is InChI=1S/C19H37F3O2/c1-8-16(5,9-2)11-18(7,20)14-24-15(4)17(6,10-3)12-19(21,22)13-23/h15,23H,8-14H2,1-7H3. The van der Waals surface area contributed by atoms with Crippen molar-refractivity contribution >= 4 is 0 Å². The van der Waals surface area contributed by atoms with E-state index in [4.69, 9.17) is 9.84 Å². The lowest BCUT2D eigenvalue weighted by molar-refractivity contribution is -0.130. The summed E-state index contributed by atoms with van der Waals surface area (Å²) < 4.78 is 47.8. The van der Waals surface area contributed by atoms with Crippen LogP contribution in [0.5, 0.6) is 0 Å². The van der Waals surface area contributed by atoms with Gasteiger partial charge in [0.05, 0.1) is 12.7 Å². The lowest BCUT2D eigenvalue weighted by atomic mass is 9.75. The van der Waals surface area contributed by atoms with Crippen molar-refractivity contribution in [2.45, 2.75) is 98.3 Å². The van der Waals surface area contributed by atoms with E-state index in [0.29, 0.717) is 12.8 Å². The third-order valence-electron chi connectivity index (χ3n) is 5.82. The first-order valence-electron chi connectivity index (χ1n) is 9.08. The van der Waals surface area contributed by atoms with E-state index in [2.05, 4.69) is 6.92 Å². The topological polar surface area (TPSA) is 29.5 Å². The summed E-state index contributed by atoms with van der Waals surface area (Å²) in [5.41, 5.74) is -2.40. The quantitative estimate of drug-likeness (QED) is 0.482. The van der Waals surface area contributed by atoms with Crippen molar-refractivity contribution in [1.29, 1.82) is 0 Å². The largest absolute Gasteiger partial charge is 0.390 e. The molecule has 0 saturated heterocycles. The fourth-order valence-electron chi connectivity index (χ4n) is 3.14. The molecule has 2 nitrogen and oxygen atoms in total. The molecule has 0 aliphatic heterocycles. The average molecular weight is 354 g/mol. The Kier molecular flexibility index (Phi) is 8.78. The lowest BCUT2D eigenvalue weighted by Crippen LogP contribution is -2.42. The first-order valence-corrected chi connectivity index (χ1v) is 9.08. The average Bonchev–Trinajstić information content (AvgIpc) is 2.51. The Hall–Kier alpha value is -0.290. The van der Waals surface area contributed by atoms with Crippen LogP contribution in [0, 0.1) is 10.8 Å². The van der Waals surface area contributed by atoms with Crippen LogP contribution in [0.3, 0.4) is 0 Å². The van der Waals surface area contributed by atoms with Crippen LogP contribution in [0.4, 0.5) is 13.2 Å². The van der Waals surface area contributed by atoms with E-state index < -0.39 is 36.1 Å². The van der Waals surface area contributed by atoms with Gasteiger partial charge in [0.25, 0.3) is 5.92 Å². The number of halogens is 3. The summed E-state index contributed by atoms with van der Waals surface area (Å²) in [7, 11) is 0. The van der Waals surface area contributed by atoms with E-state index in [9.17, 15) is 13.2 Å². The minimum Gasteiger partial charge on any atom is -0.390 e. The molecule has 0 aliphatic carbocycles. The second-order valence-corrected chi connectivity index (χ2v) is 8.26. The number of aliphatic hydroxyl groups is 1. The molecule has 1 N–H and O–H groups in total. The molecule has 0 rings (SSSR count). The minimum atomic E-state index is -3.15. The fourth-order valence-corrected chi connectivity index (χ4v) is 3.14. The van der Waals surface area contributed by atoms with Gasteiger partial charge in [-0.2, -0.15) is 0 Å². The number of hydrogen-bond acceptors (Lipinski definition) is 2.